The van der Waals surface area contributed by atoms with Crippen molar-refractivity contribution in [2.75, 3.05) is 6.61 Å². The van der Waals surface area contributed by atoms with E-state index in [1.807, 2.05) is 30.3 Å². The highest BCUT2D eigenvalue weighted by atomic mass is 19.2. The summed E-state index contributed by atoms with van der Waals surface area (Å²) in [6, 6.07) is 26.9. The molecule has 0 bridgehead atoms. The summed E-state index contributed by atoms with van der Waals surface area (Å²) in [5.41, 5.74) is -2.36. The van der Waals surface area contributed by atoms with Crippen LogP contribution < -0.4 is 0 Å². The van der Waals surface area contributed by atoms with E-state index in [2.05, 4.69) is 0 Å². The van der Waals surface area contributed by atoms with Gasteiger partial charge in [0, 0.05) is 19.3 Å². The molecule has 1 aliphatic heterocycles. The Morgan fingerprint density at radius 2 is 1.10 bits per heavy atom. The lowest BCUT2D eigenvalue weighted by Gasteiger charge is -2.43. The summed E-state index contributed by atoms with van der Waals surface area (Å²) in [7, 11) is 0. The number of aliphatic hydroxyl groups excluding tert-OH is 1. The number of halogens is 1. The van der Waals surface area contributed by atoms with Crippen molar-refractivity contribution >= 4 is 0 Å². The summed E-state index contributed by atoms with van der Waals surface area (Å²) >= 11 is 0. The van der Waals surface area contributed by atoms with E-state index in [0.717, 1.165) is 0 Å². The van der Waals surface area contributed by atoms with Gasteiger partial charge in [0.2, 0.25) is 5.85 Å². The Labute approximate surface area is 181 Å². The minimum Gasteiger partial charge on any atom is -0.394 e. The molecule has 5 heteroatoms. The normalized spacial score (nSPS) is 30.4. The molecule has 162 valence electrons. The largest absolute Gasteiger partial charge is 0.394 e. The zero-order chi connectivity index (χ0) is 22.0. The molecule has 31 heavy (non-hydrogen) atoms. The Kier molecular flexibility index (Phi) is 5.95. The second kappa shape index (κ2) is 8.52. The number of hydrogen-bond donors (Lipinski definition) is 3. The average molecular weight is 422 g/mol. The number of ether oxygens (including phenoxy) is 1. The molecule has 4 nitrogen and oxygen atoms in total. The summed E-state index contributed by atoms with van der Waals surface area (Å²) < 4.78 is 22.3. The Morgan fingerprint density at radius 1 is 0.677 bits per heavy atom. The SMILES string of the molecule is OC[C@H]1OC(F)(Cc2ccccc2)[C@@](O)(Cc2ccccc2)[C@]1(O)Cc1ccccc1. The van der Waals surface area contributed by atoms with Crippen LogP contribution in [0.1, 0.15) is 16.7 Å². The van der Waals surface area contributed by atoms with Gasteiger partial charge in [0.05, 0.1) is 6.61 Å². The highest BCUT2D eigenvalue weighted by molar-refractivity contribution is 5.31. The van der Waals surface area contributed by atoms with Crippen LogP contribution in [0.15, 0.2) is 91.0 Å². The van der Waals surface area contributed by atoms with Crippen molar-refractivity contribution in [3.63, 3.8) is 0 Å². The predicted octanol–water partition coefficient (Wildman–Crippen LogP) is 3.23. The topological polar surface area (TPSA) is 69.9 Å². The third-order valence-corrected chi connectivity index (χ3v) is 6.25. The van der Waals surface area contributed by atoms with E-state index in [-0.39, 0.29) is 19.3 Å². The van der Waals surface area contributed by atoms with Crippen LogP contribution >= 0.6 is 0 Å². The standard InChI is InChI=1S/C26H27FO4/c27-26(18-22-14-8-3-9-15-22)25(30,17-21-12-6-2-7-13-21)24(29,23(19-28)31-26)16-20-10-4-1-5-11-20/h1-15,23,28-30H,16-19H2/t23-,24+,25-,26?/m1/s1. The molecule has 0 aromatic heterocycles. The van der Waals surface area contributed by atoms with Gasteiger partial charge >= 0.3 is 0 Å². The molecule has 1 fully saturated rings. The van der Waals surface area contributed by atoms with Crippen molar-refractivity contribution < 1.29 is 24.4 Å². The van der Waals surface area contributed by atoms with Gasteiger partial charge in [-0.2, -0.15) is 0 Å². The number of hydrogen-bond acceptors (Lipinski definition) is 4. The molecule has 3 N–H and O–H groups in total. The lowest BCUT2D eigenvalue weighted by atomic mass is 9.69. The van der Waals surface area contributed by atoms with Gasteiger partial charge in [-0.05, 0) is 16.7 Å². The van der Waals surface area contributed by atoms with E-state index < -0.39 is 29.8 Å². The maximum Gasteiger partial charge on any atom is 0.246 e. The van der Waals surface area contributed by atoms with Gasteiger partial charge in [-0.3, -0.25) is 0 Å². The van der Waals surface area contributed by atoms with Crippen LogP contribution in [0.25, 0.3) is 0 Å². The molecule has 3 aromatic rings. The molecule has 0 spiro atoms. The van der Waals surface area contributed by atoms with Crippen LogP contribution in [0.5, 0.6) is 0 Å². The smallest absolute Gasteiger partial charge is 0.246 e. The molecule has 1 saturated heterocycles. The summed E-state index contributed by atoms with van der Waals surface area (Å²) in [6.45, 7) is -0.624. The number of alkyl halides is 1. The van der Waals surface area contributed by atoms with Crippen LogP contribution in [-0.2, 0) is 24.0 Å². The van der Waals surface area contributed by atoms with Crippen LogP contribution in [0.4, 0.5) is 4.39 Å². The molecule has 0 amide bonds. The van der Waals surface area contributed by atoms with Gasteiger partial charge in [0.15, 0.2) is 5.60 Å². The molecule has 4 atom stereocenters. The van der Waals surface area contributed by atoms with Gasteiger partial charge in [-0.25, -0.2) is 4.39 Å². The van der Waals surface area contributed by atoms with Crippen molar-refractivity contribution in [2.24, 2.45) is 0 Å². The molecule has 4 rings (SSSR count). The molecule has 3 aromatic carbocycles. The van der Waals surface area contributed by atoms with Crippen LogP contribution in [0.2, 0.25) is 0 Å². The van der Waals surface area contributed by atoms with E-state index in [0.29, 0.717) is 16.7 Å². The van der Waals surface area contributed by atoms with Crippen molar-refractivity contribution in [2.45, 2.75) is 42.4 Å². The molecule has 1 unspecified atom stereocenters. The molecule has 1 heterocycles. The summed E-state index contributed by atoms with van der Waals surface area (Å²) in [6.07, 6.45) is -1.79. The predicted molar refractivity (Wildman–Crippen MR) is 116 cm³/mol. The lowest BCUT2D eigenvalue weighted by Crippen LogP contribution is -2.65. The summed E-state index contributed by atoms with van der Waals surface area (Å²) in [5, 5.41) is 33.8. The summed E-state index contributed by atoms with van der Waals surface area (Å²) in [4.78, 5) is 0. The Morgan fingerprint density at radius 3 is 1.55 bits per heavy atom. The number of aliphatic hydroxyl groups is 3. The van der Waals surface area contributed by atoms with E-state index in [1.54, 1.807) is 60.7 Å². The highest BCUT2D eigenvalue weighted by Gasteiger charge is 2.73. The van der Waals surface area contributed by atoms with Crippen LogP contribution in [0, 0.1) is 0 Å². The monoisotopic (exact) mass is 422 g/mol. The maximum atomic E-state index is 16.6. The number of rotatable bonds is 7. The van der Waals surface area contributed by atoms with Gasteiger partial charge < -0.3 is 20.1 Å². The molecule has 0 aliphatic carbocycles. The minimum atomic E-state index is -2.61. The summed E-state index contributed by atoms with van der Waals surface area (Å²) in [5.74, 6) is -2.61. The van der Waals surface area contributed by atoms with E-state index in [1.165, 1.54) is 0 Å². The first-order valence-corrected chi connectivity index (χ1v) is 10.4. The molecule has 0 saturated carbocycles. The van der Waals surface area contributed by atoms with Crippen LogP contribution in [0.3, 0.4) is 0 Å². The minimum absolute atomic E-state index is 0.0666. The third-order valence-electron chi connectivity index (χ3n) is 6.25. The van der Waals surface area contributed by atoms with Gasteiger partial charge in [-0.15, -0.1) is 0 Å². The Bertz CT molecular complexity index is 984. The Hall–Kier alpha value is -2.57. The van der Waals surface area contributed by atoms with Crippen LogP contribution in [-0.4, -0.2) is 45.1 Å². The first kappa shape index (κ1) is 21.7. The third kappa shape index (κ3) is 3.90. The Balaban J connectivity index is 1.80. The highest BCUT2D eigenvalue weighted by Crippen LogP contribution is 2.52. The molecular formula is C26H27FO4. The first-order chi connectivity index (χ1) is 14.9. The molecule has 1 aliphatic rings. The van der Waals surface area contributed by atoms with Gasteiger partial charge in [0.1, 0.15) is 11.7 Å². The van der Waals surface area contributed by atoms with E-state index in [9.17, 15) is 15.3 Å². The van der Waals surface area contributed by atoms with Crippen molar-refractivity contribution in [3.05, 3.63) is 108 Å². The van der Waals surface area contributed by atoms with Crippen molar-refractivity contribution in [1.29, 1.82) is 0 Å². The zero-order valence-electron chi connectivity index (χ0n) is 17.2. The maximum absolute atomic E-state index is 16.6. The lowest BCUT2D eigenvalue weighted by molar-refractivity contribution is -0.231. The van der Waals surface area contributed by atoms with Gasteiger partial charge in [0.25, 0.3) is 0 Å². The molecule has 0 radical (unpaired) electrons. The molecular weight excluding hydrogens is 395 g/mol. The van der Waals surface area contributed by atoms with E-state index >= 15 is 4.39 Å². The van der Waals surface area contributed by atoms with Crippen molar-refractivity contribution in [1.82, 2.24) is 0 Å². The fourth-order valence-corrected chi connectivity index (χ4v) is 4.59. The second-order valence-corrected chi connectivity index (χ2v) is 8.29. The average Bonchev–Trinajstić information content (AvgIpc) is 2.93. The van der Waals surface area contributed by atoms with Crippen molar-refractivity contribution in [3.8, 4) is 0 Å². The number of benzene rings is 3. The second-order valence-electron chi connectivity index (χ2n) is 8.29. The van der Waals surface area contributed by atoms with E-state index in [4.69, 9.17) is 4.74 Å². The van der Waals surface area contributed by atoms with Gasteiger partial charge in [-0.1, -0.05) is 91.0 Å². The quantitative estimate of drug-likeness (QED) is 0.547. The first-order valence-electron chi connectivity index (χ1n) is 10.4. The fraction of sp³-hybridized carbons (Fsp3) is 0.308. The fourth-order valence-electron chi connectivity index (χ4n) is 4.59. The zero-order valence-corrected chi connectivity index (χ0v) is 17.2.